The van der Waals surface area contributed by atoms with Gasteiger partial charge >= 0.3 is 6.18 Å². The molecule has 0 saturated carbocycles. The van der Waals surface area contributed by atoms with Gasteiger partial charge in [0.15, 0.2) is 0 Å². The Morgan fingerprint density at radius 1 is 1.05 bits per heavy atom. The standard InChI is InChI=1S/C14H21NO.C9H10F3N.C3H8.C2H5NO.C2H6/c1-12-4-2-6-13(7-3-5-12)16-14-8-10-15-11-9-14;1-2-13-8-5-3-7(4-6-8)9(10,11)12;1-3-2;1-3-2-4;1-2/h2,5-7,14-15H,3-4,8-11H2,1H3;3-6,13H,2H2,1H3;3H2,1-2H3;2H,1H3,(H,3,4);1-2H3/b6-2?,12-5-,13-7+;;;;. The number of anilines is 1. The summed E-state index contributed by atoms with van der Waals surface area (Å²) in [5.74, 6) is 1.05. The van der Waals surface area contributed by atoms with E-state index in [2.05, 4.69) is 61.0 Å². The number of halogens is 3. The second kappa shape index (κ2) is 24.6. The minimum absolute atomic E-state index is 0.404. The molecule has 3 N–H and O–H groups in total. The van der Waals surface area contributed by atoms with Crippen LogP contribution in [0, 0.1) is 0 Å². The lowest BCUT2D eigenvalue weighted by Gasteiger charge is -2.24. The van der Waals surface area contributed by atoms with Gasteiger partial charge in [0.25, 0.3) is 0 Å². The molecule has 1 aliphatic carbocycles. The highest BCUT2D eigenvalue weighted by Gasteiger charge is 2.29. The predicted molar refractivity (Wildman–Crippen MR) is 155 cm³/mol. The largest absolute Gasteiger partial charge is 0.491 e. The summed E-state index contributed by atoms with van der Waals surface area (Å²) in [4.78, 5) is 9.06. The van der Waals surface area contributed by atoms with E-state index in [1.54, 1.807) is 7.05 Å². The number of carbonyl (C=O) groups excluding carboxylic acids is 1. The van der Waals surface area contributed by atoms with Crippen molar-refractivity contribution >= 4 is 12.1 Å². The van der Waals surface area contributed by atoms with E-state index in [9.17, 15) is 13.2 Å². The maximum atomic E-state index is 12.1. The van der Waals surface area contributed by atoms with Gasteiger partial charge in [0.05, 0.1) is 5.56 Å². The molecular weight excluding hydrogens is 491 g/mol. The number of carbonyl (C=O) groups is 1. The van der Waals surface area contributed by atoms with E-state index in [0.717, 1.165) is 56.7 Å². The van der Waals surface area contributed by atoms with Gasteiger partial charge in [-0.3, -0.25) is 4.79 Å². The number of amides is 1. The van der Waals surface area contributed by atoms with Gasteiger partial charge < -0.3 is 20.7 Å². The second-order valence-electron chi connectivity index (χ2n) is 8.29. The van der Waals surface area contributed by atoms with E-state index in [1.165, 1.54) is 24.1 Å². The summed E-state index contributed by atoms with van der Waals surface area (Å²) in [6, 6.07) is 4.98. The third kappa shape index (κ3) is 20.3. The number of rotatable bonds is 5. The number of hydrogen-bond donors (Lipinski definition) is 3. The molecule has 0 unspecified atom stereocenters. The van der Waals surface area contributed by atoms with E-state index in [1.807, 2.05) is 20.8 Å². The molecule has 0 bridgehead atoms. The molecule has 0 atom stereocenters. The molecule has 1 aromatic rings. The van der Waals surface area contributed by atoms with Crippen molar-refractivity contribution in [3.63, 3.8) is 0 Å². The molecule has 0 spiro atoms. The van der Waals surface area contributed by atoms with Gasteiger partial charge in [-0.2, -0.15) is 13.2 Å². The molecule has 3 rings (SSSR count). The van der Waals surface area contributed by atoms with Crippen LogP contribution in [-0.2, 0) is 15.7 Å². The first-order chi connectivity index (χ1) is 18.2. The van der Waals surface area contributed by atoms with Gasteiger partial charge in [0.1, 0.15) is 11.9 Å². The summed E-state index contributed by atoms with van der Waals surface area (Å²) < 4.78 is 42.3. The lowest BCUT2D eigenvalue weighted by molar-refractivity contribution is -0.137. The van der Waals surface area contributed by atoms with Crippen molar-refractivity contribution in [2.75, 3.05) is 32.0 Å². The van der Waals surface area contributed by atoms with Crippen LogP contribution in [0.2, 0.25) is 0 Å². The molecule has 0 radical (unpaired) electrons. The van der Waals surface area contributed by atoms with E-state index in [4.69, 9.17) is 9.53 Å². The van der Waals surface area contributed by atoms with Crippen LogP contribution in [0.3, 0.4) is 0 Å². The first-order valence-corrected chi connectivity index (χ1v) is 13.6. The van der Waals surface area contributed by atoms with Crippen LogP contribution in [-0.4, -0.2) is 39.2 Å². The lowest BCUT2D eigenvalue weighted by atomic mass is 10.1. The van der Waals surface area contributed by atoms with E-state index >= 15 is 0 Å². The van der Waals surface area contributed by atoms with Crippen molar-refractivity contribution in [3.05, 3.63) is 65.5 Å². The van der Waals surface area contributed by atoms with E-state index < -0.39 is 11.7 Å². The van der Waals surface area contributed by atoms with Gasteiger partial charge in [0.2, 0.25) is 6.41 Å². The first-order valence-electron chi connectivity index (χ1n) is 13.6. The second-order valence-corrected chi connectivity index (χ2v) is 8.29. The molecule has 8 heteroatoms. The molecule has 2 aliphatic rings. The Balaban J connectivity index is 0. The molecule has 38 heavy (non-hydrogen) atoms. The van der Waals surface area contributed by atoms with Crippen LogP contribution in [0.1, 0.15) is 79.2 Å². The molecule has 1 fully saturated rings. The van der Waals surface area contributed by atoms with Gasteiger partial charge in [0, 0.05) is 19.3 Å². The van der Waals surface area contributed by atoms with Crippen LogP contribution >= 0.6 is 0 Å². The quantitative estimate of drug-likeness (QED) is 0.262. The third-order valence-corrected chi connectivity index (χ3v) is 4.81. The zero-order valence-electron chi connectivity index (χ0n) is 24.4. The molecule has 1 amide bonds. The summed E-state index contributed by atoms with van der Waals surface area (Å²) in [6.07, 6.45) is 11.1. The van der Waals surface area contributed by atoms with Gasteiger partial charge in [-0.1, -0.05) is 51.8 Å². The van der Waals surface area contributed by atoms with Crippen molar-refractivity contribution in [1.82, 2.24) is 10.6 Å². The van der Waals surface area contributed by atoms with Gasteiger partial charge in [-0.25, -0.2) is 0 Å². The smallest absolute Gasteiger partial charge is 0.416 e. The number of alkyl halides is 3. The average Bonchev–Trinajstić information content (AvgIpc) is 2.90. The normalized spacial score (nSPS) is 17.5. The summed E-state index contributed by atoms with van der Waals surface area (Å²) >= 11 is 0. The average molecular weight is 542 g/mol. The predicted octanol–water partition coefficient (Wildman–Crippen LogP) is 7.88. The highest BCUT2D eigenvalue weighted by molar-refractivity contribution is 5.45. The summed E-state index contributed by atoms with van der Waals surface area (Å²) in [6.45, 7) is 15.2. The highest BCUT2D eigenvalue weighted by atomic mass is 19.4. The van der Waals surface area contributed by atoms with Gasteiger partial charge in [-0.15, -0.1) is 0 Å². The van der Waals surface area contributed by atoms with Crippen molar-refractivity contribution in [2.45, 2.75) is 85.9 Å². The van der Waals surface area contributed by atoms with Crippen molar-refractivity contribution in [2.24, 2.45) is 0 Å². The topological polar surface area (TPSA) is 62.4 Å². The maximum absolute atomic E-state index is 12.1. The molecule has 218 valence electrons. The number of ether oxygens (including phenoxy) is 1. The molecule has 1 heterocycles. The van der Waals surface area contributed by atoms with Crippen LogP contribution in [0.5, 0.6) is 0 Å². The monoisotopic (exact) mass is 541 g/mol. The summed E-state index contributed by atoms with van der Waals surface area (Å²) in [7, 11) is 1.56. The Labute approximate surface area is 229 Å². The number of allylic oxidation sites excluding steroid dienone is 5. The van der Waals surface area contributed by atoms with Crippen molar-refractivity contribution in [3.8, 4) is 0 Å². The Hall–Kier alpha value is -2.74. The van der Waals surface area contributed by atoms with Crippen LogP contribution < -0.4 is 16.0 Å². The molecule has 1 saturated heterocycles. The van der Waals surface area contributed by atoms with Crippen LogP contribution in [0.25, 0.3) is 0 Å². The number of piperidine rings is 1. The molecule has 1 aliphatic heterocycles. The maximum Gasteiger partial charge on any atom is 0.416 e. The fraction of sp³-hybridized carbons (Fsp3) is 0.567. The highest BCUT2D eigenvalue weighted by Crippen LogP contribution is 2.29. The van der Waals surface area contributed by atoms with Crippen LogP contribution in [0.15, 0.2) is 59.9 Å². The Morgan fingerprint density at radius 2 is 1.61 bits per heavy atom. The first kappa shape index (κ1) is 37.4. The fourth-order valence-corrected chi connectivity index (χ4v) is 3.06. The van der Waals surface area contributed by atoms with E-state index in [-0.39, 0.29) is 0 Å². The zero-order chi connectivity index (χ0) is 29.2. The zero-order valence-corrected chi connectivity index (χ0v) is 24.4. The Morgan fingerprint density at radius 3 is 2.08 bits per heavy atom. The van der Waals surface area contributed by atoms with Crippen molar-refractivity contribution in [1.29, 1.82) is 0 Å². The van der Waals surface area contributed by atoms with Crippen molar-refractivity contribution < 1.29 is 22.7 Å². The summed E-state index contributed by atoms with van der Waals surface area (Å²) in [5.41, 5.74) is 1.53. The fourth-order valence-electron chi connectivity index (χ4n) is 3.06. The Kier molecular flexibility index (Phi) is 24.2. The SMILES string of the molecule is C/C1=C/C/C=C(/OC2CCNCC2)C=CC1.CC.CCC.CCNc1ccc(C(F)(F)F)cc1.CNC=O. The van der Waals surface area contributed by atoms with Crippen LogP contribution in [0.4, 0.5) is 18.9 Å². The molecule has 5 nitrogen and oxygen atoms in total. The number of benzene rings is 1. The summed E-state index contributed by atoms with van der Waals surface area (Å²) in [5, 5.41) is 8.52. The van der Waals surface area contributed by atoms with Gasteiger partial charge in [-0.05, 0) is 89.0 Å². The molecular formula is C30H50F3N3O2. The Bertz CT molecular complexity index is 783. The number of hydrogen-bond acceptors (Lipinski definition) is 4. The minimum Gasteiger partial charge on any atom is -0.491 e. The molecule has 0 aromatic heterocycles. The third-order valence-electron chi connectivity index (χ3n) is 4.81. The minimum atomic E-state index is -4.25. The number of nitrogens with one attached hydrogen (secondary N) is 3. The lowest BCUT2D eigenvalue weighted by Crippen LogP contribution is -2.32. The molecule has 1 aromatic carbocycles. The van der Waals surface area contributed by atoms with E-state index in [0.29, 0.717) is 24.7 Å².